The number of anilines is 1. The number of benzene rings is 2. The zero-order chi connectivity index (χ0) is 21.3. The monoisotopic (exact) mass is 481 g/mol. The molecule has 2 aromatic heterocycles. The van der Waals surface area contributed by atoms with Crippen LogP contribution in [-0.4, -0.2) is 15.5 Å². The van der Waals surface area contributed by atoms with Gasteiger partial charge in [0.25, 0.3) is 5.56 Å². The van der Waals surface area contributed by atoms with E-state index in [-0.39, 0.29) is 18.0 Å². The first-order valence-electron chi connectivity index (χ1n) is 9.59. The van der Waals surface area contributed by atoms with E-state index in [1.165, 1.54) is 22.2 Å². The minimum absolute atomic E-state index is 0.0905. The fourth-order valence-corrected chi connectivity index (χ4v) is 4.70. The van der Waals surface area contributed by atoms with Gasteiger partial charge in [-0.25, -0.2) is 4.98 Å². The van der Waals surface area contributed by atoms with Crippen molar-refractivity contribution in [2.45, 2.75) is 26.8 Å². The molecule has 0 aliphatic rings. The van der Waals surface area contributed by atoms with E-state index in [9.17, 15) is 9.59 Å². The molecule has 30 heavy (non-hydrogen) atoms. The highest BCUT2D eigenvalue weighted by atomic mass is 79.9. The van der Waals surface area contributed by atoms with Crippen molar-refractivity contribution in [3.63, 3.8) is 0 Å². The molecule has 152 valence electrons. The third-order valence-corrected chi connectivity index (χ3v) is 6.63. The Bertz CT molecular complexity index is 1280. The summed E-state index contributed by atoms with van der Waals surface area (Å²) in [5.74, 6) is -0.266. The normalized spacial score (nSPS) is 11.0. The number of carbonyl (C=O) groups excluding carboxylic acids is 1. The second-order valence-corrected chi connectivity index (χ2v) is 9.03. The SMILES string of the molecule is CCc1sc2ncn(CC(=O)Nc3ccc(C)cc3)c(=O)c2c1-c1ccc(Br)cc1. The molecule has 5 nitrogen and oxygen atoms in total. The predicted molar refractivity (Wildman–Crippen MR) is 126 cm³/mol. The maximum atomic E-state index is 13.3. The molecule has 0 aliphatic heterocycles. The van der Waals surface area contributed by atoms with Crippen molar-refractivity contribution in [3.8, 4) is 11.1 Å². The zero-order valence-corrected chi connectivity index (χ0v) is 19.0. The van der Waals surface area contributed by atoms with Crippen molar-refractivity contribution in [1.29, 1.82) is 0 Å². The number of aryl methyl sites for hydroxylation is 2. The molecule has 0 radical (unpaired) electrons. The Hall–Kier alpha value is -2.77. The molecule has 4 aromatic rings. The van der Waals surface area contributed by atoms with Crippen molar-refractivity contribution >= 4 is 49.1 Å². The quantitative estimate of drug-likeness (QED) is 0.415. The minimum atomic E-state index is -0.266. The molecule has 0 unspecified atom stereocenters. The lowest BCUT2D eigenvalue weighted by Gasteiger charge is -2.08. The van der Waals surface area contributed by atoms with Crippen LogP contribution >= 0.6 is 27.3 Å². The summed E-state index contributed by atoms with van der Waals surface area (Å²) in [5, 5.41) is 3.41. The molecular weight excluding hydrogens is 462 g/mol. The number of nitrogens with one attached hydrogen (secondary N) is 1. The minimum Gasteiger partial charge on any atom is -0.325 e. The van der Waals surface area contributed by atoms with Crippen LogP contribution in [-0.2, 0) is 17.8 Å². The number of fused-ring (bicyclic) bond motifs is 1. The van der Waals surface area contributed by atoms with Gasteiger partial charge in [0.05, 0.1) is 11.7 Å². The van der Waals surface area contributed by atoms with E-state index >= 15 is 0 Å². The van der Waals surface area contributed by atoms with Gasteiger partial charge in [-0.2, -0.15) is 0 Å². The van der Waals surface area contributed by atoms with Gasteiger partial charge in [0.2, 0.25) is 5.91 Å². The molecule has 0 spiro atoms. The van der Waals surface area contributed by atoms with Gasteiger partial charge < -0.3 is 5.32 Å². The highest BCUT2D eigenvalue weighted by molar-refractivity contribution is 9.10. The number of amides is 1. The fourth-order valence-electron chi connectivity index (χ4n) is 3.35. The number of aromatic nitrogens is 2. The van der Waals surface area contributed by atoms with E-state index in [4.69, 9.17) is 0 Å². The summed E-state index contributed by atoms with van der Waals surface area (Å²) in [6, 6.07) is 15.4. The second-order valence-electron chi connectivity index (χ2n) is 7.03. The third-order valence-electron chi connectivity index (χ3n) is 4.85. The highest BCUT2D eigenvalue weighted by Gasteiger charge is 2.19. The molecule has 0 bridgehead atoms. The summed E-state index contributed by atoms with van der Waals surface area (Å²) in [6.45, 7) is 3.97. The molecule has 0 fully saturated rings. The fraction of sp³-hybridized carbons (Fsp3) is 0.174. The lowest BCUT2D eigenvalue weighted by atomic mass is 10.0. The molecule has 0 saturated carbocycles. The van der Waals surface area contributed by atoms with E-state index in [1.54, 1.807) is 0 Å². The molecule has 0 saturated heterocycles. The molecule has 1 N–H and O–H groups in total. The van der Waals surface area contributed by atoms with Crippen LogP contribution in [0.2, 0.25) is 0 Å². The predicted octanol–water partition coefficient (Wildman–Crippen LogP) is 5.40. The maximum Gasteiger partial charge on any atom is 0.263 e. The highest BCUT2D eigenvalue weighted by Crippen LogP contribution is 2.36. The number of hydrogen-bond acceptors (Lipinski definition) is 4. The average Bonchev–Trinajstić information content (AvgIpc) is 3.12. The van der Waals surface area contributed by atoms with Gasteiger partial charge in [-0.05, 0) is 43.2 Å². The summed E-state index contributed by atoms with van der Waals surface area (Å²) in [6.07, 6.45) is 2.26. The Kier molecular flexibility index (Phi) is 5.83. The van der Waals surface area contributed by atoms with Crippen molar-refractivity contribution in [2.75, 3.05) is 5.32 Å². The number of halogens is 1. The summed E-state index contributed by atoms with van der Waals surface area (Å²) in [5.41, 5.74) is 3.50. The summed E-state index contributed by atoms with van der Waals surface area (Å²) in [4.78, 5) is 32.1. The zero-order valence-electron chi connectivity index (χ0n) is 16.6. The van der Waals surface area contributed by atoms with Crippen LogP contribution in [0.5, 0.6) is 0 Å². The van der Waals surface area contributed by atoms with Crippen LogP contribution in [0, 0.1) is 6.92 Å². The van der Waals surface area contributed by atoms with Gasteiger partial charge in [-0.1, -0.05) is 52.7 Å². The van der Waals surface area contributed by atoms with E-state index in [0.29, 0.717) is 15.9 Å². The Balaban J connectivity index is 1.71. The number of thiophene rings is 1. The van der Waals surface area contributed by atoms with Crippen LogP contribution in [0.4, 0.5) is 5.69 Å². The second kappa shape index (κ2) is 8.53. The number of hydrogen-bond donors (Lipinski definition) is 1. The molecule has 4 rings (SSSR count). The number of nitrogens with zero attached hydrogens (tertiary/aromatic N) is 2. The Morgan fingerprint density at radius 2 is 1.83 bits per heavy atom. The van der Waals surface area contributed by atoms with Crippen LogP contribution in [0.3, 0.4) is 0 Å². The molecule has 1 amide bonds. The molecule has 0 aliphatic carbocycles. The summed E-state index contributed by atoms with van der Waals surface area (Å²) < 4.78 is 2.35. The van der Waals surface area contributed by atoms with Gasteiger partial charge in [0.1, 0.15) is 11.4 Å². The van der Waals surface area contributed by atoms with Gasteiger partial charge in [-0.3, -0.25) is 14.2 Å². The molecule has 2 aromatic carbocycles. The summed E-state index contributed by atoms with van der Waals surface area (Å²) in [7, 11) is 0. The Morgan fingerprint density at radius 3 is 2.50 bits per heavy atom. The largest absolute Gasteiger partial charge is 0.325 e. The smallest absolute Gasteiger partial charge is 0.263 e. The van der Waals surface area contributed by atoms with Crippen molar-refractivity contribution in [2.24, 2.45) is 0 Å². The van der Waals surface area contributed by atoms with Crippen LogP contribution in [0.25, 0.3) is 21.3 Å². The van der Waals surface area contributed by atoms with E-state index in [0.717, 1.165) is 32.5 Å². The first-order valence-corrected chi connectivity index (χ1v) is 11.2. The Labute approximate surface area is 186 Å². The van der Waals surface area contributed by atoms with Gasteiger partial charge in [0.15, 0.2) is 0 Å². The maximum absolute atomic E-state index is 13.3. The van der Waals surface area contributed by atoms with Crippen molar-refractivity contribution < 1.29 is 4.79 Å². The van der Waals surface area contributed by atoms with E-state index in [2.05, 4.69) is 33.2 Å². The number of carbonyl (C=O) groups is 1. The van der Waals surface area contributed by atoms with Crippen LogP contribution in [0.15, 0.2) is 64.1 Å². The topological polar surface area (TPSA) is 64.0 Å². The third kappa shape index (κ3) is 4.08. The first kappa shape index (κ1) is 20.5. The number of rotatable bonds is 5. The molecule has 2 heterocycles. The van der Waals surface area contributed by atoms with E-state index < -0.39 is 0 Å². The first-order chi connectivity index (χ1) is 14.5. The standard InChI is InChI=1S/C23H20BrN3O2S/c1-3-18-20(15-6-8-16(24)9-7-15)21-22(30-18)25-13-27(23(21)29)12-19(28)26-17-10-4-14(2)5-11-17/h4-11,13H,3,12H2,1-2H3,(H,26,28). The summed E-state index contributed by atoms with van der Waals surface area (Å²) >= 11 is 4.99. The van der Waals surface area contributed by atoms with Crippen molar-refractivity contribution in [3.05, 3.63) is 80.1 Å². The Morgan fingerprint density at radius 1 is 1.13 bits per heavy atom. The molecule has 0 atom stereocenters. The van der Waals surface area contributed by atoms with Crippen LogP contribution in [0.1, 0.15) is 17.4 Å². The van der Waals surface area contributed by atoms with Crippen LogP contribution < -0.4 is 10.9 Å². The molecular formula is C23H20BrN3O2S. The van der Waals surface area contributed by atoms with Crippen molar-refractivity contribution in [1.82, 2.24) is 9.55 Å². The van der Waals surface area contributed by atoms with E-state index in [1.807, 2.05) is 55.5 Å². The average molecular weight is 482 g/mol. The van der Waals surface area contributed by atoms with Gasteiger partial charge >= 0.3 is 0 Å². The van der Waals surface area contributed by atoms with Gasteiger partial charge in [-0.15, -0.1) is 11.3 Å². The lowest BCUT2D eigenvalue weighted by molar-refractivity contribution is -0.116. The lowest BCUT2D eigenvalue weighted by Crippen LogP contribution is -2.27. The van der Waals surface area contributed by atoms with Gasteiger partial charge in [0, 0.05) is 20.6 Å². The molecule has 7 heteroatoms.